The number of halogens is 1. The Kier molecular flexibility index (Phi) is 3.62. The van der Waals surface area contributed by atoms with Crippen LogP contribution in [-0.4, -0.2) is 14.8 Å². The van der Waals surface area contributed by atoms with E-state index < -0.39 is 0 Å². The molecule has 0 radical (unpaired) electrons. The van der Waals surface area contributed by atoms with E-state index in [-0.39, 0.29) is 0 Å². The van der Waals surface area contributed by atoms with E-state index in [4.69, 9.17) is 11.6 Å². The Bertz CT molecular complexity index is 311. The highest BCUT2D eigenvalue weighted by Gasteiger charge is 2.23. The van der Waals surface area contributed by atoms with Gasteiger partial charge in [-0.25, -0.2) is 0 Å². The second-order valence-electron chi connectivity index (χ2n) is 4.38. The summed E-state index contributed by atoms with van der Waals surface area (Å²) in [6.07, 6.45) is 8.33. The molecule has 1 saturated carbocycles. The first-order valence-electron chi connectivity index (χ1n) is 5.79. The number of alkyl halides is 1. The normalized spacial score (nSPS) is 26.8. The summed E-state index contributed by atoms with van der Waals surface area (Å²) in [5.41, 5.74) is 0. The van der Waals surface area contributed by atoms with Gasteiger partial charge >= 0.3 is 0 Å². The van der Waals surface area contributed by atoms with Gasteiger partial charge < -0.3 is 4.57 Å². The predicted molar refractivity (Wildman–Crippen MR) is 60.9 cm³/mol. The van der Waals surface area contributed by atoms with E-state index in [1.54, 1.807) is 0 Å². The molecule has 0 aliphatic heterocycles. The minimum absolute atomic E-state index is 0.466. The number of aromatic nitrogens is 3. The molecule has 1 heterocycles. The van der Waals surface area contributed by atoms with E-state index in [1.807, 2.05) is 6.33 Å². The highest BCUT2D eigenvalue weighted by Crippen LogP contribution is 2.34. The minimum atomic E-state index is 0.466. The molecule has 4 heteroatoms. The number of hydrogen-bond acceptors (Lipinski definition) is 2. The minimum Gasteiger partial charge on any atom is -0.313 e. The van der Waals surface area contributed by atoms with Gasteiger partial charge in [0.1, 0.15) is 12.2 Å². The standard InChI is InChI=1S/C11H18ClN3/c1-2-9-4-3-5-10(6-9)15-8-13-14-11(15)7-12/h8-10H,2-7H2,1H3. The quantitative estimate of drug-likeness (QED) is 0.743. The summed E-state index contributed by atoms with van der Waals surface area (Å²) in [7, 11) is 0. The lowest BCUT2D eigenvalue weighted by molar-refractivity contribution is 0.258. The van der Waals surface area contributed by atoms with Crippen LogP contribution in [-0.2, 0) is 5.88 Å². The van der Waals surface area contributed by atoms with Gasteiger partial charge in [-0.15, -0.1) is 21.8 Å². The van der Waals surface area contributed by atoms with Crippen molar-refractivity contribution in [1.29, 1.82) is 0 Å². The molecule has 15 heavy (non-hydrogen) atoms. The SMILES string of the molecule is CCC1CCCC(n2cnnc2CCl)C1. The Morgan fingerprint density at radius 1 is 1.53 bits per heavy atom. The molecule has 2 atom stereocenters. The molecule has 1 aromatic heterocycles. The molecule has 2 rings (SSSR count). The van der Waals surface area contributed by atoms with Crippen molar-refractivity contribution in [2.45, 2.75) is 50.9 Å². The lowest BCUT2D eigenvalue weighted by atomic mass is 9.84. The van der Waals surface area contributed by atoms with E-state index in [2.05, 4.69) is 21.7 Å². The van der Waals surface area contributed by atoms with E-state index in [1.165, 1.54) is 32.1 Å². The summed E-state index contributed by atoms with van der Waals surface area (Å²) in [6.45, 7) is 2.28. The third kappa shape index (κ3) is 2.33. The molecule has 0 amide bonds. The van der Waals surface area contributed by atoms with Crippen LogP contribution in [0.2, 0.25) is 0 Å². The fourth-order valence-electron chi connectivity index (χ4n) is 2.55. The molecule has 0 bridgehead atoms. The molecule has 3 nitrogen and oxygen atoms in total. The zero-order valence-corrected chi connectivity index (χ0v) is 9.95. The van der Waals surface area contributed by atoms with Crippen LogP contribution >= 0.6 is 11.6 Å². The molecule has 0 N–H and O–H groups in total. The van der Waals surface area contributed by atoms with Crippen LogP contribution in [0, 0.1) is 5.92 Å². The molecule has 1 fully saturated rings. The summed E-state index contributed by atoms with van der Waals surface area (Å²) < 4.78 is 2.18. The van der Waals surface area contributed by atoms with E-state index >= 15 is 0 Å². The fourth-order valence-corrected chi connectivity index (χ4v) is 2.74. The second kappa shape index (κ2) is 4.97. The summed E-state index contributed by atoms with van der Waals surface area (Å²) in [5.74, 6) is 2.25. The van der Waals surface area contributed by atoms with Gasteiger partial charge in [-0.05, 0) is 18.8 Å². The van der Waals surface area contributed by atoms with E-state index in [9.17, 15) is 0 Å². The Balaban J connectivity index is 2.09. The largest absolute Gasteiger partial charge is 0.313 e. The maximum atomic E-state index is 5.84. The van der Waals surface area contributed by atoms with Crippen LogP contribution in [0.4, 0.5) is 0 Å². The third-order valence-electron chi connectivity index (χ3n) is 3.49. The van der Waals surface area contributed by atoms with Gasteiger partial charge in [-0.3, -0.25) is 0 Å². The Labute approximate surface area is 95.8 Å². The molecule has 0 saturated heterocycles. The van der Waals surface area contributed by atoms with Crippen molar-refractivity contribution >= 4 is 11.6 Å². The zero-order valence-electron chi connectivity index (χ0n) is 9.19. The lowest BCUT2D eigenvalue weighted by Crippen LogP contribution is -2.19. The molecule has 0 spiro atoms. The van der Waals surface area contributed by atoms with Crippen molar-refractivity contribution in [3.8, 4) is 0 Å². The molecule has 84 valence electrons. The zero-order chi connectivity index (χ0) is 10.7. The second-order valence-corrected chi connectivity index (χ2v) is 4.65. The molecule has 2 unspecified atom stereocenters. The number of hydrogen-bond donors (Lipinski definition) is 0. The summed E-state index contributed by atoms with van der Waals surface area (Å²) in [4.78, 5) is 0. The van der Waals surface area contributed by atoms with Crippen molar-refractivity contribution in [2.24, 2.45) is 5.92 Å². The number of nitrogens with zero attached hydrogens (tertiary/aromatic N) is 3. The first-order valence-corrected chi connectivity index (χ1v) is 6.33. The lowest BCUT2D eigenvalue weighted by Gasteiger charge is -2.29. The van der Waals surface area contributed by atoms with Gasteiger partial charge in [-0.2, -0.15) is 0 Å². The molecule has 1 aromatic rings. The van der Waals surface area contributed by atoms with Crippen molar-refractivity contribution in [3.63, 3.8) is 0 Å². The third-order valence-corrected chi connectivity index (χ3v) is 3.73. The van der Waals surface area contributed by atoms with E-state index in [0.29, 0.717) is 11.9 Å². The average Bonchev–Trinajstić information content (AvgIpc) is 2.77. The van der Waals surface area contributed by atoms with Crippen LogP contribution in [0.1, 0.15) is 50.9 Å². The van der Waals surface area contributed by atoms with Gasteiger partial charge in [0.05, 0.1) is 5.88 Å². The monoisotopic (exact) mass is 227 g/mol. The molecule has 1 aliphatic carbocycles. The first kappa shape index (κ1) is 10.9. The van der Waals surface area contributed by atoms with Gasteiger partial charge in [-0.1, -0.05) is 26.2 Å². The maximum Gasteiger partial charge on any atom is 0.148 e. The van der Waals surface area contributed by atoms with Crippen LogP contribution < -0.4 is 0 Å². The maximum absolute atomic E-state index is 5.84. The van der Waals surface area contributed by atoms with Gasteiger partial charge in [0.15, 0.2) is 0 Å². The number of rotatable bonds is 3. The Hall–Kier alpha value is -0.570. The highest BCUT2D eigenvalue weighted by atomic mass is 35.5. The summed E-state index contributed by atoms with van der Waals surface area (Å²) >= 11 is 5.84. The van der Waals surface area contributed by atoms with Crippen LogP contribution in [0.5, 0.6) is 0 Å². The van der Waals surface area contributed by atoms with Crippen LogP contribution in [0.3, 0.4) is 0 Å². The van der Waals surface area contributed by atoms with E-state index in [0.717, 1.165) is 11.7 Å². The van der Waals surface area contributed by atoms with Crippen molar-refractivity contribution in [1.82, 2.24) is 14.8 Å². The summed E-state index contributed by atoms with van der Waals surface area (Å²) in [5, 5.41) is 7.99. The molecular formula is C11H18ClN3. The molecular weight excluding hydrogens is 210 g/mol. The first-order chi connectivity index (χ1) is 7.35. The van der Waals surface area contributed by atoms with Gasteiger partial charge in [0, 0.05) is 6.04 Å². The van der Waals surface area contributed by atoms with Gasteiger partial charge in [0.25, 0.3) is 0 Å². The smallest absolute Gasteiger partial charge is 0.148 e. The van der Waals surface area contributed by atoms with Gasteiger partial charge in [0.2, 0.25) is 0 Å². The van der Waals surface area contributed by atoms with Crippen molar-refractivity contribution in [2.75, 3.05) is 0 Å². The van der Waals surface area contributed by atoms with Crippen molar-refractivity contribution < 1.29 is 0 Å². The van der Waals surface area contributed by atoms with Crippen molar-refractivity contribution in [3.05, 3.63) is 12.2 Å². The fraction of sp³-hybridized carbons (Fsp3) is 0.818. The Morgan fingerprint density at radius 3 is 3.13 bits per heavy atom. The van der Waals surface area contributed by atoms with Crippen LogP contribution in [0.15, 0.2) is 6.33 Å². The highest BCUT2D eigenvalue weighted by molar-refractivity contribution is 6.16. The summed E-state index contributed by atoms with van der Waals surface area (Å²) in [6, 6.07) is 0.576. The predicted octanol–water partition coefficient (Wildman–Crippen LogP) is 3.16. The topological polar surface area (TPSA) is 30.7 Å². The Morgan fingerprint density at radius 2 is 2.40 bits per heavy atom. The molecule has 0 aromatic carbocycles. The average molecular weight is 228 g/mol. The van der Waals surface area contributed by atoms with Crippen LogP contribution in [0.25, 0.3) is 0 Å². The molecule has 1 aliphatic rings.